The van der Waals surface area contributed by atoms with E-state index in [1.165, 1.54) is 6.92 Å². The molecule has 0 aliphatic rings. The number of amides is 2. The molecule has 1 atom stereocenters. The molecule has 0 aliphatic carbocycles. The second-order valence-corrected chi connectivity index (χ2v) is 7.22. The van der Waals surface area contributed by atoms with Crippen LogP contribution in [0.4, 0.5) is 5.69 Å². The van der Waals surface area contributed by atoms with Gasteiger partial charge in [0, 0.05) is 21.8 Å². The number of benzene rings is 2. The van der Waals surface area contributed by atoms with Crippen LogP contribution < -0.4 is 10.6 Å². The first-order valence-electron chi connectivity index (χ1n) is 8.74. The van der Waals surface area contributed by atoms with Gasteiger partial charge in [-0.1, -0.05) is 25.4 Å². The largest absolute Gasteiger partial charge is 0.340 e. The number of hydrogen-bond donors (Lipinski definition) is 2. The molecule has 0 bridgehead atoms. The van der Waals surface area contributed by atoms with E-state index in [0.29, 0.717) is 28.3 Å². The smallest absolute Gasteiger partial charge is 0.251 e. The van der Waals surface area contributed by atoms with Crippen molar-refractivity contribution < 1.29 is 14.4 Å². The van der Waals surface area contributed by atoms with Crippen LogP contribution >= 0.6 is 11.6 Å². The molecule has 0 aliphatic heterocycles. The predicted molar refractivity (Wildman–Crippen MR) is 107 cm³/mol. The Morgan fingerprint density at radius 3 is 2.00 bits per heavy atom. The van der Waals surface area contributed by atoms with Crippen LogP contribution in [0, 0.1) is 5.92 Å². The topological polar surface area (TPSA) is 75.3 Å². The van der Waals surface area contributed by atoms with Crippen LogP contribution in [0.15, 0.2) is 48.5 Å². The monoisotopic (exact) mass is 386 g/mol. The summed E-state index contributed by atoms with van der Waals surface area (Å²) in [5.41, 5.74) is 1.58. The molecule has 1 unspecified atom stereocenters. The number of hydrogen-bond acceptors (Lipinski definition) is 3. The summed E-state index contributed by atoms with van der Waals surface area (Å²) in [6.07, 6.45) is 0.497. The van der Waals surface area contributed by atoms with Gasteiger partial charge in [-0.2, -0.15) is 0 Å². The average Bonchev–Trinajstić information content (AvgIpc) is 2.61. The number of halogens is 1. The molecule has 2 rings (SSSR count). The Labute approximate surface area is 164 Å². The Morgan fingerprint density at radius 2 is 1.48 bits per heavy atom. The van der Waals surface area contributed by atoms with Crippen LogP contribution in [-0.4, -0.2) is 23.6 Å². The van der Waals surface area contributed by atoms with Gasteiger partial charge in [-0.3, -0.25) is 14.4 Å². The van der Waals surface area contributed by atoms with Crippen LogP contribution in [0.3, 0.4) is 0 Å². The number of carbonyl (C=O) groups is 3. The van der Waals surface area contributed by atoms with Crippen molar-refractivity contribution in [1.82, 2.24) is 5.32 Å². The lowest BCUT2D eigenvalue weighted by Crippen LogP contribution is -2.44. The Hall–Kier alpha value is -2.66. The molecule has 2 aromatic rings. The molecular weight excluding hydrogens is 364 g/mol. The van der Waals surface area contributed by atoms with Crippen LogP contribution in [0.1, 0.15) is 47.9 Å². The summed E-state index contributed by atoms with van der Waals surface area (Å²) >= 11 is 5.85. The molecule has 0 radical (unpaired) electrons. The van der Waals surface area contributed by atoms with E-state index in [1.807, 2.05) is 13.8 Å². The van der Waals surface area contributed by atoms with Crippen LogP contribution in [0.5, 0.6) is 0 Å². The zero-order valence-electron chi connectivity index (χ0n) is 15.6. The van der Waals surface area contributed by atoms with Gasteiger partial charge in [-0.15, -0.1) is 0 Å². The fraction of sp³-hybridized carbons (Fsp3) is 0.286. The van der Waals surface area contributed by atoms with Gasteiger partial charge >= 0.3 is 0 Å². The Balaban J connectivity index is 2.09. The predicted octanol–water partition coefficient (Wildman–Crippen LogP) is 4.33. The molecule has 0 saturated carbocycles. The van der Waals surface area contributed by atoms with Gasteiger partial charge in [-0.05, 0) is 67.8 Å². The number of carbonyl (C=O) groups excluding carboxylic acids is 3. The lowest BCUT2D eigenvalue weighted by Gasteiger charge is -2.20. The zero-order valence-corrected chi connectivity index (χ0v) is 16.3. The van der Waals surface area contributed by atoms with Crippen molar-refractivity contribution in [3.8, 4) is 0 Å². The van der Waals surface area contributed by atoms with Crippen molar-refractivity contribution in [2.45, 2.75) is 33.2 Å². The van der Waals surface area contributed by atoms with Crippen LogP contribution in [0.2, 0.25) is 5.02 Å². The summed E-state index contributed by atoms with van der Waals surface area (Å²) in [5, 5.41) is 6.12. The van der Waals surface area contributed by atoms with Gasteiger partial charge in [0.15, 0.2) is 5.78 Å². The third kappa shape index (κ3) is 6.22. The van der Waals surface area contributed by atoms with E-state index in [9.17, 15) is 14.4 Å². The molecule has 2 aromatic carbocycles. The number of anilines is 1. The number of nitrogens with one attached hydrogen (secondary N) is 2. The highest BCUT2D eigenvalue weighted by Crippen LogP contribution is 2.14. The third-order valence-electron chi connectivity index (χ3n) is 3.99. The lowest BCUT2D eigenvalue weighted by atomic mass is 10.0. The van der Waals surface area contributed by atoms with Gasteiger partial charge in [0.1, 0.15) is 6.04 Å². The molecule has 0 saturated heterocycles. The summed E-state index contributed by atoms with van der Waals surface area (Å²) in [6, 6.07) is 12.5. The van der Waals surface area contributed by atoms with Crippen molar-refractivity contribution >= 4 is 34.9 Å². The first-order chi connectivity index (χ1) is 12.8. The molecule has 5 nitrogen and oxygen atoms in total. The minimum Gasteiger partial charge on any atom is -0.340 e. The zero-order chi connectivity index (χ0) is 20.0. The lowest BCUT2D eigenvalue weighted by molar-refractivity contribution is -0.118. The molecule has 0 fully saturated rings. The van der Waals surface area contributed by atoms with Gasteiger partial charge < -0.3 is 10.6 Å². The maximum atomic E-state index is 12.7. The standard InChI is InChI=1S/C21H23ClN2O3/c1-13(2)12-19(24-20(26)16-4-8-17(22)9-5-16)21(27)23-18-10-6-15(7-11-18)14(3)25/h4-11,13,19H,12H2,1-3H3,(H,23,27)(H,24,26). The second kappa shape index (κ2) is 9.33. The molecular formula is C21H23ClN2O3. The molecule has 2 N–H and O–H groups in total. The van der Waals surface area contributed by atoms with Gasteiger partial charge in [0.05, 0.1) is 0 Å². The van der Waals surface area contributed by atoms with Crippen molar-refractivity contribution in [2.24, 2.45) is 5.92 Å². The Morgan fingerprint density at radius 1 is 0.926 bits per heavy atom. The number of rotatable bonds is 7. The molecule has 0 aromatic heterocycles. The van der Waals surface area contributed by atoms with Gasteiger partial charge in [0.25, 0.3) is 5.91 Å². The first-order valence-corrected chi connectivity index (χ1v) is 9.12. The van der Waals surface area contributed by atoms with E-state index >= 15 is 0 Å². The minimum atomic E-state index is -0.680. The SMILES string of the molecule is CC(=O)c1ccc(NC(=O)C(CC(C)C)NC(=O)c2ccc(Cl)cc2)cc1. The van der Waals surface area contributed by atoms with Gasteiger partial charge in [0.2, 0.25) is 5.91 Å². The quantitative estimate of drug-likeness (QED) is 0.695. The average molecular weight is 387 g/mol. The fourth-order valence-corrected chi connectivity index (χ4v) is 2.69. The Bertz CT molecular complexity index is 814. The highest BCUT2D eigenvalue weighted by molar-refractivity contribution is 6.30. The molecule has 27 heavy (non-hydrogen) atoms. The molecule has 0 heterocycles. The molecule has 142 valence electrons. The molecule has 2 amide bonds. The van der Waals surface area contributed by atoms with Crippen molar-refractivity contribution in [3.63, 3.8) is 0 Å². The van der Waals surface area contributed by atoms with Crippen molar-refractivity contribution in [1.29, 1.82) is 0 Å². The number of ketones is 1. The third-order valence-corrected chi connectivity index (χ3v) is 4.25. The highest BCUT2D eigenvalue weighted by Gasteiger charge is 2.22. The van der Waals surface area contributed by atoms with Crippen LogP contribution in [-0.2, 0) is 4.79 Å². The van der Waals surface area contributed by atoms with Crippen LogP contribution in [0.25, 0.3) is 0 Å². The highest BCUT2D eigenvalue weighted by atomic mass is 35.5. The molecule has 0 spiro atoms. The van der Waals surface area contributed by atoms with E-state index in [0.717, 1.165) is 0 Å². The summed E-state index contributed by atoms with van der Waals surface area (Å²) in [6.45, 7) is 5.45. The summed E-state index contributed by atoms with van der Waals surface area (Å²) in [5.74, 6) is -0.465. The fourth-order valence-electron chi connectivity index (χ4n) is 2.56. The number of Topliss-reactive ketones (excluding diaryl/α,β-unsaturated/α-hetero) is 1. The maximum Gasteiger partial charge on any atom is 0.251 e. The van der Waals surface area contributed by atoms with E-state index in [2.05, 4.69) is 10.6 Å². The maximum absolute atomic E-state index is 12.7. The summed E-state index contributed by atoms with van der Waals surface area (Å²) in [7, 11) is 0. The first kappa shape index (κ1) is 20.6. The van der Waals surface area contributed by atoms with E-state index < -0.39 is 6.04 Å². The molecule has 6 heteroatoms. The summed E-state index contributed by atoms with van der Waals surface area (Å²) in [4.78, 5) is 36.5. The van der Waals surface area contributed by atoms with E-state index in [4.69, 9.17) is 11.6 Å². The Kier molecular flexibility index (Phi) is 7.13. The van der Waals surface area contributed by atoms with E-state index in [-0.39, 0.29) is 23.5 Å². The van der Waals surface area contributed by atoms with Gasteiger partial charge in [-0.25, -0.2) is 0 Å². The second-order valence-electron chi connectivity index (χ2n) is 6.79. The van der Waals surface area contributed by atoms with Crippen molar-refractivity contribution in [3.05, 3.63) is 64.7 Å². The van der Waals surface area contributed by atoms with Crippen molar-refractivity contribution in [2.75, 3.05) is 5.32 Å². The summed E-state index contributed by atoms with van der Waals surface area (Å²) < 4.78 is 0. The minimum absolute atomic E-state index is 0.0409. The van der Waals surface area contributed by atoms with E-state index in [1.54, 1.807) is 48.5 Å². The normalized spacial score (nSPS) is 11.7.